The fraction of sp³-hybridized carbons (Fsp3) is 0.310. The van der Waals surface area contributed by atoms with Gasteiger partial charge in [0.1, 0.15) is 0 Å². The molecule has 1 aliphatic carbocycles. The summed E-state index contributed by atoms with van der Waals surface area (Å²) in [5.74, 6) is 2.79. The summed E-state index contributed by atoms with van der Waals surface area (Å²) in [5, 5.41) is 12.1. The first-order chi connectivity index (χ1) is 18.3. The largest absolute Gasteiger partial charge is 0.383 e. The van der Waals surface area contributed by atoms with E-state index in [9.17, 15) is 0 Å². The summed E-state index contributed by atoms with van der Waals surface area (Å²) in [5.41, 5.74) is 12.1. The number of terminal acetylenes is 1. The van der Waals surface area contributed by atoms with Crippen molar-refractivity contribution in [2.75, 3.05) is 17.2 Å². The molecule has 7 nitrogen and oxygen atoms in total. The highest BCUT2D eigenvalue weighted by molar-refractivity contribution is 7.13. The van der Waals surface area contributed by atoms with Gasteiger partial charge in [0, 0.05) is 47.6 Å². The van der Waals surface area contributed by atoms with Crippen LogP contribution >= 0.6 is 23.1 Å². The van der Waals surface area contributed by atoms with Crippen molar-refractivity contribution in [2.24, 2.45) is 5.41 Å². The molecule has 6 rings (SSSR count). The van der Waals surface area contributed by atoms with E-state index in [2.05, 4.69) is 93.1 Å². The van der Waals surface area contributed by atoms with Gasteiger partial charge in [0.05, 0.1) is 38.2 Å². The van der Waals surface area contributed by atoms with Gasteiger partial charge in [-0.1, -0.05) is 50.4 Å². The number of anilines is 2. The third-order valence-electron chi connectivity index (χ3n) is 6.79. The predicted octanol–water partition coefficient (Wildman–Crippen LogP) is 6.42. The van der Waals surface area contributed by atoms with Crippen LogP contribution in [0.15, 0.2) is 54.6 Å². The standard InChI is InChI=1S/C29H30ClN7S/c1-5-17-13-31-27-21(26(17)32-16-29(2,3)4)11-18(12-23(27)30)34-28(24-15-37(36-35-24)19-9-10-19)20-7-6-8-25-22(20)14-33-38-25/h1,6-8,11-15,19,28,34-36H,9-10,16H2,2-4H3,(H,31,32)/t28-/m0/s1. The molecule has 1 fully saturated rings. The second kappa shape index (κ2) is 9.66. The Labute approximate surface area is 231 Å². The average molecular weight is 544 g/mol. The predicted molar refractivity (Wildman–Crippen MR) is 158 cm³/mol. The second-order valence-corrected chi connectivity index (χ2v) is 12.3. The maximum atomic E-state index is 6.82. The lowest BCUT2D eigenvalue weighted by Crippen LogP contribution is -2.38. The van der Waals surface area contributed by atoms with Crippen LogP contribution in [0.4, 0.5) is 11.4 Å². The Kier molecular flexibility index (Phi) is 6.31. The van der Waals surface area contributed by atoms with Gasteiger partial charge in [-0.05, 0) is 53.6 Å². The lowest BCUT2D eigenvalue weighted by atomic mass is 9.96. The summed E-state index contributed by atoms with van der Waals surface area (Å²) in [6.07, 6.45) is 14.1. The molecule has 0 spiro atoms. The van der Waals surface area contributed by atoms with Crippen molar-refractivity contribution >= 4 is 55.5 Å². The van der Waals surface area contributed by atoms with E-state index in [-0.39, 0.29) is 11.5 Å². The highest BCUT2D eigenvalue weighted by Gasteiger charge is 2.33. The highest BCUT2D eigenvalue weighted by Crippen LogP contribution is 2.38. The van der Waals surface area contributed by atoms with E-state index >= 15 is 0 Å². The Bertz CT molecular complexity index is 1590. The zero-order valence-electron chi connectivity index (χ0n) is 21.6. The molecule has 1 aliphatic heterocycles. The normalized spacial score (nSPS) is 16.3. The van der Waals surface area contributed by atoms with Crippen molar-refractivity contribution in [3.8, 4) is 12.3 Å². The third-order valence-corrected chi connectivity index (χ3v) is 7.84. The van der Waals surface area contributed by atoms with Crippen molar-refractivity contribution in [3.05, 3.63) is 70.8 Å². The van der Waals surface area contributed by atoms with E-state index in [1.807, 2.05) is 12.3 Å². The summed E-state index contributed by atoms with van der Waals surface area (Å²) in [4.78, 5) is 4.59. The number of benzene rings is 2. The second-order valence-electron chi connectivity index (χ2n) is 11.1. The maximum Gasteiger partial charge on any atom is 0.0951 e. The summed E-state index contributed by atoms with van der Waals surface area (Å²) in [7, 11) is 0. The van der Waals surface area contributed by atoms with Crippen molar-refractivity contribution in [1.29, 1.82) is 0 Å². The molecular formula is C29H30ClN7S. The maximum absolute atomic E-state index is 6.82. The number of nitrogens with one attached hydrogen (secondary N) is 4. The molecule has 194 valence electrons. The Morgan fingerprint density at radius 1 is 1.24 bits per heavy atom. The molecule has 1 saturated carbocycles. The molecule has 4 N–H and O–H groups in total. The summed E-state index contributed by atoms with van der Waals surface area (Å²) < 4.78 is 5.59. The fourth-order valence-electron chi connectivity index (χ4n) is 4.69. The van der Waals surface area contributed by atoms with Crippen LogP contribution in [0.2, 0.25) is 5.02 Å². The van der Waals surface area contributed by atoms with E-state index in [0.29, 0.717) is 22.1 Å². The molecular weight excluding hydrogens is 514 g/mol. The van der Waals surface area contributed by atoms with Crippen molar-refractivity contribution in [1.82, 2.24) is 25.3 Å². The molecule has 2 aliphatic rings. The number of aromatic nitrogens is 2. The number of rotatable bonds is 7. The molecule has 1 atom stereocenters. The van der Waals surface area contributed by atoms with Crippen LogP contribution in [0.3, 0.4) is 0 Å². The minimum atomic E-state index is -0.172. The molecule has 9 heteroatoms. The van der Waals surface area contributed by atoms with E-state index in [1.165, 1.54) is 24.4 Å². The lowest BCUT2D eigenvalue weighted by Gasteiger charge is -2.24. The highest BCUT2D eigenvalue weighted by atomic mass is 35.5. The number of hydrogen-bond donors (Lipinski definition) is 4. The van der Waals surface area contributed by atoms with Gasteiger partial charge < -0.3 is 16.1 Å². The van der Waals surface area contributed by atoms with Gasteiger partial charge in [-0.25, -0.2) is 0 Å². The molecule has 0 unspecified atom stereocenters. The molecule has 2 aromatic heterocycles. The Morgan fingerprint density at radius 2 is 2.08 bits per heavy atom. The average Bonchev–Trinajstić information content (AvgIpc) is 3.41. The van der Waals surface area contributed by atoms with Crippen molar-refractivity contribution in [2.45, 2.75) is 45.7 Å². The third kappa shape index (κ3) is 4.85. The number of hydrazine groups is 2. The van der Waals surface area contributed by atoms with E-state index in [1.54, 1.807) is 6.20 Å². The zero-order chi connectivity index (χ0) is 26.4. The first-order valence-corrected chi connectivity index (χ1v) is 13.9. The molecule has 3 heterocycles. The summed E-state index contributed by atoms with van der Waals surface area (Å²) >= 11 is 8.32. The minimum absolute atomic E-state index is 0.0700. The van der Waals surface area contributed by atoms with Crippen LogP contribution in [0.5, 0.6) is 0 Å². The van der Waals surface area contributed by atoms with Crippen molar-refractivity contribution < 1.29 is 0 Å². The number of hydrogen-bond acceptors (Lipinski definition) is 8. The Morgan fingerprint density at radius 3 is 2.84 bits per heavy atom. The molecule has 0 saturated heterocycles. The van der Waals surface area contributed by atoms with Gasteiger partial charge in [-0.2, -0.15) is 4.37 Å². The van der Waals surface area contributed by atoms with E-state index in [0.717, 1.165) is 44.7 Å². The molecule has 0 radical (unpaired) electrons. The van der Waals surface area contributed by atoms with Crippen molar-refractivity contribution in [3.63, 3.8) is 0 Å². The monoisotopic (exact) mass is 543 g/mol. The molecule has 0 bridgehead atoms. The van der Waals surface area contributed by atoms with Gasteiger partial charge in [0.2, 0.25) is 0 Å². The SMILES string of the molecule is C#Cc1cnc2c(Cl)cc(N[C@H](C3=CN(C4CC4)NN3)c3cccc4sncc34)cc2c1NCC(C)(C)C. The Hall–Kier alpha value is -3.51. The van der Waals surface area contributed by atoms with Crippen LogP contribution < -0.4 is 21.6 Å². The summed E-state index contributed by atoms with van der Waals surface area (Å²) in [6.45, 7) is 7.31. The van der Waals surface area contributed by atoms with Crippen LogP contribution in [0.25, 0.3) is 21.0 Å². The topological polar surface area (TPSA) is 77.1 Å². The summed E-state index contributed by atoms with van der Waals surface area (Å²) in [6, 6.07) is 10.7. The molecule has 0 amide bonds. The lowest BCUT2D eigenvalue weighted by molar-refractivity contribution is 0.260. The van der Waals surface area contributed by atoms with Crippen LogP contribution in [-0.4, -0.2) is 27.0 Å². The van der Waals surface area contributed by atoms with E-state index < -0.39 is 0 Å². The van der Waals surface area contributed by atoms with E-state index in [4.69, 9.17) is 18.0 Å². The number of halogens is 1. The fourth-order valence-corrected chi connectivity index (χ4v) is 5.64. The number of pyridine rings is 1. The molecule has 38 heavy (non-hydrogen) atoms. The Balaban J connectivity index is 1.44. The van der Waals surface area contributed by atoms with Gasteiger partial charge in [0.15, 0.2) is 0 Å². The van der Waals surface area contributed by atoms with Crippen LogP contribution in [0, 0.1) is 17.8 Å². The van der Waals surface area contributed by atoms with Gasteiger partial charge in [-0.15, -0.1) is 12.0 Å². The van der Waals surface area contributed by atoms with Gasteiger partial charge in [0.25, 0.3) is 0 Å². The van der Waals surface area contributed by atoms with Gasteiger partial charge >= 0.3 is 0 Å². The molecule has 2 aromatic carbocycles. The first kappa shape index (κ1) is 24.8. The van der Waals surface area contributed by atoms with Gasteiger partial charge in [-0.3, -0.25) is 9.99 Å². The van der Waals surface area contributed by atoms with Crippen LogP contribution in [0.1, 0.15) is 50.8 Å². The first-order valence-electron chi connectivity index (χ1n) is 12.7. The quantitative estimate of drug-likeness (QED) is 0.200. The zero-order valence-corrected chi connectivity index (χ0v) is 23.2. The van der Waals surface area contributed by atoms with Crippen LogP contribution in [-0.2, 0) is 0 Å². The molecule has 4 aromatic rings. The number of nitrogens with zero attached hydrogens (tertiary/aromatic N) is 3. The number of fused-ring (bicyclic) bond motifs is 2. The smallest absolute Gasteiger partial charge is 0.0951 e. The minimum Gasteiger partial charge on any atom is -0.383 e.